The van der Waals surface area contributed by atoms with Crippen LogP contribution in [0.3, 0.4) is 0 Å². The molecule has 0 aliphatic carbocycles. The van der Waals surface area contributed by atoms with Crippen molar-refractivity contribution >= 4 is 38.5 Å². The molecule has 2 aromatic carbocycles. The van der Waals surface area contributed by atoms with Gasteiger partial charge in [-0.3, -0.25) is 0 Å². The third-order valence-corrected chi connectivity index (χ3v) is 4.82. The Bertz CT molecular complexity index is 934. The number of halogens is 2. The molecule has 0 saturated heterocycles. The van der Waals surface area contributed by atoms with Crippen LogP contribution in [0.2, 0.25) is 5.02 Å². The van der Waals surface area contributed by atoms with Gasteiger partial charge in [0.2, 0.25) is 0 Å². The van der Waals surface area contributed by atoms with E-state index < -0.39 is 0 Å². The van der Waals surface area contributed by atoms with Crippen molar-refractivity contribution in [2.24, 2.45) is 0 Å². The summed E-state index contributed by atoms with van der Waals surface area (Å²) >= 11 is 9.34. The van der Waals surface area contributed by atoms with Crippen LogP contribution in [0.4, 0.5) is 0 Å². The zero-order valence-corrected chi connectivity index (χ0v) is 15.5. The van der Waals surface area contributed by atoms with Crippen molar-refractivity contribution in [2.45, 2.75) is 26.2 Å². The van der Waals surface area contributed by atoms with Gasteiger partial charge in [0.1, 0.15) is 10.1 Å². The number of benzene rings is 2. The van der Waals surface area contributed by atoms with Gasteiger partial charge in [0, 0.05) is 16.0 Å². The van der Waals surface area contributed by atoms with Gasteiger partial charge >= 0.3 is 5.63 Å². The predicted molar refractivity (Wildman–Crippen MR) is 99.3 cm³/mol. The predicted octanol–water partition coefficient (Wildman–Crippen LogP) is 6.17. The van der Waals surface area contributed by atoms with Gasteiger partial charge in [-0.25, -0.2) is 4.79 Å². The fourth-order valence-electron chi connectivity index (χ4n) is 2.54. The minimum absolute atomic E-state index is 0.0136. The van der Waals surface area contributed by atoms with Crippen molar-refractivity contribution < 1.29 is 4.42 Å². The van der Waals surface area contributed by atoms with E-state index >= 15 is 0 Å². The lowest BCUT2D eigenvalue weighted by atomic mass is 9.86. The average molecular weight is 392 g/mol. The molecule has 0 aliphatic heterocycles. The fraction of sp³-hybridized carbons (Fsp3) is 0.211. The first-order valence-electron chi connectivity index (χ1n) is 7.30. The molecule has 0 N–H and O–H groups in total. The molecule has 2 nitrogen and oxygen atoms in total. The largest absolute Gasteiger partial charge is 0.422 e. The van der Waals surface area contributed by atoms with E-state index in [-0.39, 0.29) is 11.0 Å². The summed E-state index contributed by atoms with van der Waals surface area (Å²) in [6, 6.07) is 13.5. The molecule has 118 valence electrons. The SMILES string of the molecule is CC(C)(C)c1ccc2c(-c3ccc(Cl)cc3)c(Br)c(=O)oc2c1. The van der Waals surface area contributed by atoms with Gasteiger partial charge in [-0.1, -0.05) is 56.6 Å². The number of hydrogen-bond donors (Lipinski definition) is 0. The molecule has 23 heavy (non-hydrogen) atoms. The molecule has 1 aromatic heterocycles. The molecule has 0 unspecified atom stereocenters. The quantitative estimate of drug-likeness (QED) is 0.464. The van der Waals surface area contributed by atoms with Crippen molar-refractivity contribution in [3.8, 4) is 11.1 Å². The van der Waals surface area contributed by atoms with E-state index in [2.05, 4.69) is 42.8 Å². The first-order valence-corrected chi connectivity index (χ1v) is 8.47. The van der Waals surface area contributed by atoms with Crippen molar-refractivity contribution in [2.75, 3.05) is 0 Å². The van der Waals surface area contributed by atoms with Crippen LogP contribution in [0.1, 0.15) is 26.3 Å². The maximum absolute atomic E-state index is 12.2. The van der Waals surface area contributed by atoms with Gasteiger partial charge in [-0.05, 0) is 50.7 Å². The summed E-state index contributed by atoms with van der Waals surface area (Å²) in [4.78, 5) is 12.2. The van der Waals surface area contributed by atoms with E-state index in [4.69, 9.17) is 16.0 Å². The molecule has 1 heterocycles. The first-order chi connectivity index (χ1) is 10.8. The highest BCUT2D eigenvalue weighted by Crippen LogP contribution is 2.35. The monoisotopic (exact) mass is 390 g/mol. The van der Waals surface area contributed by atoms with Crippen LogP contribution in [-0.2, 0) is 5.41 Å². The summed E-state index contributed by atoms with van der Waals surface area (Å²) in [6.07, 6.45) is 0. The fourth-order valence-corrected chi connectivity index (χ4v) is 3.19. The second-order valence-corrected chi connectivity index (χ2v) is 7.78. The molecule has 0 fully saturated rings. The standard InChI is InChI=1S/C19H16BrClO2/c1-19(2,3)12-6-9-14-15(10-12)23-18(22)17(20)16(14)11-4-7-13(21)8-5-11/h4-10H,1-3H3. The Morgan fingerprint density at radius 3 is 2.30 bits per heavy atom. The summed E-state index contributed by atoms with van der Waals surface area (Å²) in [6.45, 7) is 6.39. The zero-order chi connectivity index (χ0) is 16.8. The third-order valence-electron chi connectivity index (χ3n) is 3.85. The molecule has 0 spiro atoms. The summed E-state index contributed by atoms with van der Waals surface area (Å²) < 4.78 is 5.91. The summed E-state index contributed by atoms with van der Waals surface area (Å²) in [5, 5.41) is 1.55. The molecule has 0 bridgehead atoms. The first kappa shape index (κ1) is 16.3. The minimum Gasteiger partial charge on any atom is -0.422 e. The Morgan fingerprint density at radius 1 is 1.04 bits per heavy atom. The van der Waals surface area contributed by atoms with Gasteiger partial charge in [-0.15, -0.1) is 0 Å². The Hall–Kier alpha value is -1.58. The molecule has 0 aliphatic rings. The van der Waals surface area contributed by atoms with E-state index in [9.17, 15) is 4.79 Å². The summed E-state index contributed by atoms with van der Waals surface area (Å²) in [5.74, 6) is 0. The van der Waals surface area contributed by atoms with E-state index in [1.807, 2.05) is 36.4 Å². The molecule has 0 atom stereocenters. The van der Waals surface area contributed by atoms with Crippen LogP contribution >= 0.6 is 27.5 Å². The van der Waals surface area contributed by atoms with Crippen molar-refractivity contribution in [3.63, 3.8) is 0 Å². The van der Waals surface area contributed by atoms with Gasteiger partial charge in [0.15, 0.2) is 0 Å². The van der Waals surface area contributed by atoms with Crippen LogP contribution in [0, 0.1) is 0 Å². The van der Waals surface area contributed by atoms with E-state index in [0.29, 0.717) is 15.1 Å². The summed E-state index contributed by atoms with van der Waals surface area (Å²) in [5.41, 5.74) is 3.07. The maximum atomic E-state index is 12.2. The van der Waals surface area contributed by atoms with Crippen molar-refractivity contribution in [1.82, 2.24) is 0 Å². The van der Waals surface area contributed by atoms with E-state index in [0.717, 1.165) is 22.1 Å². The summed E-state index contributed by atoms with van der Waals surface area (Å²) in [7, 11) is 0. The molecule has 4 heteroatoms. The second-order valence-electron chi connectivity index (χ2n) is 6.55. The molecule has 3 rings (SSSR count). The molecule has 3 aromatic rings. The lowest BCUT2D eigenvalue weighted by Gasteiger charge is -2.19. The molecular formula is C19H16BrClO2. The Balaban J connectivity index is 2.34. The molecule has 0 saturated carbocycles. The molecule has 0 amide bonds. The normalized spacial score (nSPS) is 11.9. The van der Waals surface area contributed by atoms with Crippen molar-refractivity contribution in [3.05, 3.63) is 67.9 Å². The van der Waals surface area contributed by atoms with Gasteiger partial charge in [0.05, 0.1) is 0 Å². The van der Waals surface area contributed by atoms with Crippen LogP contribution in [-0.4, -0.2) is 0 Å². The van der Waals surface area contributed by atoms with E-state index in [1.165, 1.54) is 0 Å². The molecule has 0 radical (unpaired) electrons. The van der Waals surface area contributed by atoms with Crippen LogP contribution in [0.5, 0.6) is 0 Å². The Kier molecular flexibility index (Phi) is 4.11. The third kappa shape index (κ3) is 3.08. The highest BCUT2D eigenvalue weighted by Gasteiger charge is 2.18. The number of hydrogen-bond acceptors (Lipinski definition) is 2. The second kappa shape index (κ2) is 5.81. The topological polar surface area (TPSA) is 30.2 Å². The van der Waals surface area contributed by atoms with Crippen LogP contribution < -0.4 is 5.63 Å². The highest BCUT2D eigenvalue weighted by atomic mass is 79.9. The van der Waals surface area contributed by atoms with Gasteiger partial charge < -0.3 is 4.42 Å². The number of fused-ring (bicyclic) bond motifs is 1. The molecular weight excluding hydrogens is 376 g/mol. The lowest BCUT2D eigenvalue weighted by molar-refractivity contribution is 0.550. The van der Waals surface area contributed by atoms with E-state index in [1.54, 1.807) is 0 Å². The van der Waals surface area contributed by atoms with Crippen LogP contribution in [0.25, 0.3) is 22.1 Å². The van der Waals surface area contributed by atoms with Crippen molar-refractivity contribution in [1.29, 1.82) is 0 Å². The maximum Gasteiger partial charge on any atom is 0.351 e. The van der Waals surface area contributed by atoms with Gasteiger partial charge in [-0.2, -0.15) is 0 Å². The zero-order valence-electron chi connectivity index (χ0n) is 13.1. The van der Waals surface area contributed by atoms with Crippen LogP contribution in [0.15, 0.2) is 56.1 Å². The van der Waals surface area contributed by atoms with Gasteiger partial charge in [0.25, 0.3) is 0 Å². The highest BCUT2D eigenvalue weighted by molar-refractivity contribution is 9.10. The Labute approximate surface area is 148 Å². The number of rotatable bonds is 1. The Morgan fingerprint density at radius 2 is 1.70 bits per heavy atom. The average Bonchev–Trinajstić information content (AvgIpc) is 2.48. The lowest BCUT2D eigenvalue weighted by Crippen LogP contribution is -2.11. The minimum atomic E-state index is -0.381. The smallest absolute Gasteiger partial charge is 0.351 e.